The molecule has 0 atom stereocenters. The van der Waals surface area contributed by atoms with Gasteiger partial charge in [0, 0.05) is 35.8 Å². The minimum Gasteiger partial charge on any atom is -0.496 e. The van der Waals surface area contributed by atoms with E-state index in [1.54, 1.807) is 13.3 Å². The fourth-order valence-electron chi connectivity index (χ4n) is 2.82. The van der Waals surface area contributed by atoms with Gasteiger partial charge in [-0.3, -0.25) is 9.59 Å². The standard InChI is InChI=1S/C20H21N3O3/c1-26-18-9-5-2-6-14(18)12-19(24)21-10-11-22-20(25)16-13-23-17-8-4-3-7-15(16)17/h2-9,13,23H,10-12H2,1H3,(H,21,24)(H,22,25). The Hall–Kier alpha value is -3.28. The lowest BCUT2D eigenvalue weighted by Gasteiger charge is -2.09. The highest BCUT2D eigenvalue weighted by atomic mass is 16.5. The molecule has 0 aliphatic heterocycles. The number of hydrogen-bond acceptors (Lipinski definition) is 3. The van der Waals surface area contributed by atoms with E-state index in [0.29, 0.717) is 24.4 Å². The van der Waals surface area contributed by atoms with E-state index in [0.717, 1.165) is 16.5 Å². The largest absolute Gasteiger partial charge is 0.496 e. The summed E-state index contributed by atoms with van der Waals surface area (Å²) in [6, 6.07) is 15.0. The van der Waals surface area contributed by atoms with Crippen molar-refractivity contribution in [3.05, 3.63) is 65.9 Å². The zero-order valence-electron chi connectivity index (χ0n) is 14.5. The Labute approximate surface area is 151 Å². The summed E-state index contributed by atoms with van der Waals surface area (Å²) < 4.78 is 5.24. The highest BCUT2D eigenvalue weighted by Gasteiger charge is 2.11. The fraction of sp³-hybridized carbons (Fsp3) is 0.200. The average Bonchev–Trinajstić information content (AvgIpc) is 3.10. The number of benzene rings is 2. The molecule has 1 heterocycles. The zero-order chi connectivity index (χ0) is 18.4. The van der Waals surface area contributed by atoms with Gasteiger partial charge in [-0.25, -0.2) is 0 Å². The monoisotopic (exact) mass is 351 g/mol. The fourth-order valence-corrected chi connectivity index (χ4v) is 2.82. The third-order valence-corrected chi connectivity index (χ3v) is 4.11. The number of aromatic amines is 1. The van der Waals surface area contributed by atoms with Crippen LogP contribution in [0.5, 0.6) is 5.75 Å². The molecule has 2 aromatic carbocycles. The Bertz CT molecular complexity index is 917. The average molecular weight is 351 g/mol. The molecule has 2 amide bonds. The van der Waals surface area contributed by atoms with Gasteiger partial charge in [-0.05, 0) is 12.1 Å². The van der Waals surface area contributed by atoms with E-state index >= 15 is 0 Å². The minimum atomic E-state index is -0.165. The molecule has 0 aliphatic carbocycles. The minimum absolute atomic E-state index is 0.115. The van der Waals surface area contributed by atoms with Crippen LogP contribution in [0.15, 0.2) is 54.7 Å². The van der Waals surface area contributed by atoms with Gasteiger partial charge in [0.1, 0.15) is 5.75 Å². The summed E-state index contributed by atoms with van der Waals surface area (Å²) in [6.45, 7) is 0.720. The lowest BCUT2D eigenvalue weighted by Crippen LogP contribution is -2.35. The number of aromatic nitrogens is 1. The van der Waals surface area contributed by atoms with Crippen molar-refractivity contribution in [2.24, 2.45) is 0 Å². The van der Waals surface area contributed by atoms with Gasteiger partial charge in [-0.2, -0.15) is 0 Å². The van der Waals surface area contributed by atoms with Crippen LogP contribution in [0.3, 0.4) is 0 Å². The second-order valence-electron chi connectivity index (χ2n) is 5.84. The summed E-state index contributed by atoms with van der Waals surface area (Å²) in [5.41, 5.74) is 2.35. The summed E-state index contributed by atoms with van der Waals surface area (Å²) in [5, 5.41) is 6.50. The summed E-state index contributed by atoms with van der Waals surface area (Å²) in [4.78, 5) is 27.4. The number of hydrogen-bond donors (Lipinski definition) is 3. The molecular formula is C20H21N3O3. The van der Waals surface area contributed by atoms with Crippen LogP contribution in [0.25, 0.3) is 10.9 Å². The lowest BCUT2D eigenvalue weighted by molar-refractivity contribution is -0.120. The molecule has 0 bridgehead atoms. The molecule has 3 aromatic rings. The van der Waals surface area contributed by atoms with Gasteiger partial charge in [0.2, 0.25) is 5.91 Å². The molecule has 134 valence electrons. The highest BCUT2D eigenvalue weighted by molar-refractivity contribution is 6.06. The van der Waals surface area contributed by atoms with Crippen LogP contribution in [0.2, 0.25) is 0 Å². The van der Waals surface area contributed by atoms with E-state index in [9.17, 15) is 9.59 Å². The smallest absolute Gasteiger partial charge is 0.253 e. The van der Waals surface area contributed by atoms with Crippen molar-refractivity contribution in [3.63, 3.8) is 0 Å². The molecule has 0 fully saturated rings. The normalized spacial score (nSPS) is 10.5. The zero-order valence-corrected chi connectivity index (χ0v) is 14.5. The molecule has 0 saturated heterocycles. The Morgan fingerprint density at radius 1 is 1.00 bits per heavy atom. The van der Waals surface area contributed by atoms with Crippen molar-refractivity contribution < 1.29 is 14.3 Å². The second kappa shape index (κ2) is 8.20. The van der Waals surface area contributed by atoms with Gasteiger partial charge in [-0.1, -0.05) is 36.4 Å². The third-order valence-electron chi connectivity index (χ3n) is 4.11. The summed E-state index contributed by atoms with van der Waals surface area (Å²) >= 11 is 0. The molecule has 6 nitrogen and oxygen atoms in total. The van der Waals surface area contributed by atoms with Crippen LogP contribution in [0, 0.1) is 0 Å². The van der Waals surface area contributed by atoms with Crippen molar-refractivity contribution in [1.29, 1.82) is 0 Å². The van der Waals surface area contributed by atoms with Gasteiger partial charge in [0.25, 0.3) is 5.91 Å². The molecular weight excluding hydrogens is 330 g/mol. The Morgan fingerprint density at radius 3 is 2.58 bits per heavy atom. The van der Waals surface area contributed by atoms with Crippen molar-refractivity contribution in [2.75, 3.05) is 20.2 Å². The van der Waals surface area contributed by atoms with Crippen LogP contribution in [-0.2, 0) is 11.2 Å². The molecule has 0 spiro atoms. The molecule has 6 heteroatoms. The number of methoxy groups -OCH3 is 1. The summed E-state index contributed by atoms with van der Waals surface area (Å²) in [6.07, 6.45) is 1.93. The van der Waals surface area contributed by atoms with Crippen molar-refractivity contribution in [2.45, 2.75) is 6.42 Å². The predicted molar refractivity (Wildman–Crippen MR) is 100 cm³/mol. The number of carbonyl (C=O) groups is 2. The number of para-hydroxylation sites is 2. The maximum absolute atomic E-state index is 12.3. The van der Waals surface area contributed by atoms with E-state index < -0.39 is 0 Å². The molecule has 0 radical (unpaired) electrons. The SMILES string of the molecule is COc1ccccc1CC(=O)NCCNC(=O)c1c[nH]c2ccccc12. The number of H-pyrrole nitrogens is 1. The predicted octanol–water partition coefficient (Wildman–Crippen LogP) is 2.27. The van der Waals surface area contributed by atoms with E-state index in [1.807, 2.05) is 48.5 Å². The van der Waals surface area contributed by atoms with Crippen LogP contribution in [0.1, 0.15) is 15.9 Å². The van der Waals surface area contributed by atoms with Gasteiger partial charge in [-0.15, -0.1) is 0 Å². The van der Waals surface area contributed by atoms with Crippen LogP contribution >= 0.6 is 0 Å². The maximum atomic E-state index is 12.3. The molecule has 1 aromatic heterocycles. The highest BCUT2D eigenvalue weighted by Crippen LogP contribution is 2.18. The van der Waals surface area contributed by atoms with Crippen molar-refractivity contribution in [1.82, 2.24) is 15.6 Å². The van der Waals surface area contributed by atoms with Crippen LogP contribution in [-0.4, -0.2) is 37.0 Å². The van der Waals surface area contributed by atoms with Gasteiger partial charge < -0.3 is 20.4 Å². The summed E-state index contributed by atoms with van der Waals surface area (Å²) in [5.74, 6) is 0.410. The lowest BCUT2D eigenvalue weighted by atomic mass is 10.1. The summed E-state index contributed by atoms with van der Waals surface area (Å²) in [7, 11) is 1.58. The molecule has 0 aliphatic rings. The van der Waals surface area contributed by atoms with Crippen LogP contribution < -0.4 is 15.4 Å². The second-order valence-corrected chi connectivity index (χ2v) is 5.84. The third kappa shape index (κ3) is 4.03. The van der Waals surface area contributed by atoms with E-state index in [-0.39, 0.29) is 18.2 Å². The quantitative estimate of drug-likeness (QED) is 0.571. The maximum Gasteiger partial charge on any atom is 0.253 e. The first-order chi connectivity index (χ1) is 12.7. The first-order valence-electron chi connectivity index (χ1n) is 8.42. The Kier molecular flexibility index (Phi) is 5.53. The van der Waals surface area contributed by atoms with Gasteiger partial charge in [0.05, 0.1) is 19.1 Å². The van der Waals surface area contributed by atoms with E-state index in [1.165, 1.54) is 0 Å². The Balaban J connectivity index is 1.46. The van der Waals surface area contributed by atoms with E-state index in [2.05, 4.69) is 15.6 Å². The number of ether oxygens (including phenoxy) is 1. The molecule has 3 rings (SSSR count). The van der Waals surface area contributed by atoms with Crippen molar-refractivity contribution in [3.8, 4) is 5.75 Å². The Morgan fingerprint density at radius 2 is 1.73 bits per heavy atom. The van der Waals surface area contributed by atoms with E-state index in [4.69, 9.17) is 4.74 Å². The van der Waals surface area contributed by atoms with Crippen LogP contribution in [0.4, 0.5) is 0 Å². The number of nitrogens with one attached hydrogen (secondary N) is 3. The molecule has 0 saturated carbocycles. The molecule has 0 unspecified atom stereocenters. The number of carbonyl (C=O) groups excluding carboxylic acids is 2. The van der Waals surface area contributed by atoms with Crippen molar-refractivity contribution >= 4 is 22.7 Å². The molecule has 26 heavy (non-hydrogen) atoms. The number of amides is 2. The first kappa shape index (κ1) is 17.5. The topological polar surface area (TPSA) is 83.2 Å². The molecule has 3 N–H and O–H groups in total. The number of fused-ring (bicyclic) bond motifs is 1. The van der Waals surface area contributed by atoms with Gasteiger partial charge >= 0.3 is 0 Å². The number of rotatable bonds is 7. The van der Waals surface area contributed by atoms with Gasteiger partial charge in [0.15, 0.2) is 0 Å². The first-order valence-corrected chi connectivity index (χ1v) is 8.42.